The lowest BCUT2D eigenvalue weighted by Crippen LogP contribution is -2.41. The summed E-state index contributed by atoms with van der Waals surface area (Å²) in [6.45, 7) is 18.6. The van der Waals surface area contributed by atoms with E-state index >= 15 is 0 Å². The first-order chi connectivity index (χ1) is 11.7. The molecule has 7 nitrogen and oxygen atoms in total. The summed E-state index contributed by atoms with van der Waals surface area (Å²) < 4.78 is 19.4. The van der Waals surface area contributed by atoms with Gasteiger partial charge in [0.2, 0.25) is 0 Å². The Kier molecular flexibility index (Phi) is 5.50. The second-order valence-electron chi connectivity index (χ2n) is 8.82. The van der Waals surface area contributed by atoms with Gasteiger partial charge in [0, 0.05) is 17.7 Å². The van der Waals surface area contributed by atoms with E-state index in [0.717, 1.165) is 16.9 Å². The second-order valence-corrected chi connectivity index (χ2v) is 8.82. The van der Waals surface area contributed by atoms with Gasteiger partial charge in [-0.25, -0.2) is 4.79 Å². The number of ether oxygens (including phenoxy) is 1. The molecule has 0 bridgehead atoms. The van der Waals surface area contributed by atoms with Gasteiger partial charge in [-0.3, -0.25) is 4.68 Å². The molecule has 1 N–H and O–H groups in total. The Bertz CT molecular complexity index is 661. The Morgan fingerprint density at radius 1 is 1.19 bits per heavy atom. The maximum absolute atomic E-state index is 11.8. The Hall–Kier alpha value is -1.54. The molecule has 0 atom stereocenters. The molecule has 0 radical (unpaired) electrons. The van der Waals surface area contributed by atoms with Crippen molar-refractivity contribution in [1.82, 2.24) is 15.1 Å². The average molecular weight is 365 g/mol. The molecule has 1 saturated heterocycles. The summed E-state index contributed by atoms with van der Waals surface area (Å²) in [5, 5.41) is 7.34. The van der Waals surface area contributed by atoms with Crippen LogP contribution in [0.2, 0.25) is 0 Å². The van der Waals surface area contributed by atoms with Gasteiger partial charge in [0.05, 0.1) is 23.4 Å². The zero-order chi connectivity index (χ0) is 19.9. The first-order valence-corrected chi connectivity index (χ1v) is 9.10. The number of nitrogens with one attached hydrogen (secondary N) is 1. The SMILES string of the molecule is Cc1nn(CCNC(=O)OC(C)(C)C)c(C)c1B1OC(C)(C)C(C)(C)O1. The van der Waals surface area contributed by atoms with Crippen LogP contribution in [-0.4, -0.2) is 46.3 Å². The summed E-state index contributed by atoms with van der Waals surface area (Å²) in [4.78, 5) is 11.8. The molecular formula is C18H32BN3O4. The van der Waals surface area contributed by atoms with Gasteiger partial charge < -0.3 is 19.4 Å². The van der Waals surface area contributed by atoms with Gasteiger partial charge in [0.25, 0.3) is 0 Å². The van der Waals surface area contributed by atoms with Crippen LogP contribution in [0, 0.1) is 13.8 Å². The monoisotopic (exact) mass is 365 g/mol. The third-order valence-corrected chi connectivity index (χ3v) is 4.92. The number of hydrogen-bond acceptors (Lipinski definition) is 5. The summed E-state index contributed by atoms with van der Waals surface area (Å²) in [7, 11) is -0.437. The Balaban J connectivity index is 2.04. The van der Waals surface area contributed by atoms with Crippen molar-refractivity contribution >= 4 is 18.7 Å². The number of carbonyl (C=O) groups is 1. The van der Waals surface area contributed by atoms with Gasteiger partial charge in [0.1, 0.15) is 5.60 Å². The molecule has 0 spiro atoms. The molecule has 0 saturated carbocycles. The van der Waals surface area contributed by atoms with Crippen molar-refractivity contribution in [2.45, 2.75) is 85.7 Å². The lowest BCUT2D eigenvalue weighted by Gasteiger charge is -2.32. The largest absolute Gasteiger partial charge is 0.498 e. The van der Waals surface area contributed by atoms with Gasteiger partial charge in [-0.15, -0.1) is 0 Å². The fraction of sp³-hybridized carbons (Fsp3) is 0.778. The molecular weight excluding hydrogens is 333 g/mol. The molecule has 1 aromatic heterocycles. The number of aromatic nitrogens is 2. The van der Waals surface area contributed by atoms with Crippen LogP contribution in [0.3, 0.4) is 0 Å². The van der Waals surface area contributed by atoms with Gasteiger partial charge in [-0.2, -0.15) is 5.10 Å². The molecule has 1 aromatic rings. The zero-order valence-electron chi connectivity index (χ0n) is 17.5. The average Bonchev–Trinajstić information content (AvgIpc) is 2.80. The van der Waals surface area contributed by atoms with Crippen molar-refractivity contribution in [1.29, 1.82) is 0 Å². The van der Waals surface area contributed by atoms with Gasteiger partial charge >= 0.3 is 13.2 Å². The van der Waals surface area contributed by atoms with E-state index < -0.39 is 30.0 Å². The van der Waals surface area contributed by atoms with Crippen molar-refractivity contribution in [3.05, 3.63) is 11.4 Å². The van der Waals surface area contributed by atoms with Gasteiger partial charge in [-0.05, 0) is 62.3 Å². The predicted molar refractivity (Wildman–Crippen MR) is 102 cm³/mol. The molecule has 1 fully saturated rings. The fourth-order valence-corrected chi connectivity index (χ4v) is 2.81. The Morgan fingerprint density at radius 2 is 1.73 bits per heavy atom. The van der Waals surface area contributed by atoms with E-state index in [1.807, 2.05) is 67.0 Å². The summed E-state index contributed by atoms with van der Waals surface area (Å²) in [6, 6.07) is 0. The normalized spacial score (nSPS) is 18.9. The summed E-state index contributed by atoms with van der Waals surface area (Å²) >= 11 is 0. The molecule has 26 heavy (non-hydrogen) atoms. The van der Waals surface area contributed by atoms with E-state index in [1.165, 1.54) is 0 Å². The molecule has 2 heterocycles. The minimum Gasteiger partial charge on any atom is -0.444 e. The smallest absolute Gasteiger partial charge is 0.444 e. The second kappa shape index (κ2) is 6.89. The van der Waals surface area contributed by atoms with Crippen LogP contribution in [-0.2, 0) is 20.6 Å². The van der Waals surface area contributed by atoms with Crippen LogP contribution < -0.4 is 10.8 Å². The van der Waals surface area contributed by atoms with E-state index in [2.05, 4.69) is 10.4 Å². The van der Waals surface area contributed by atoms with Gasteiger partial charge in [-0.1, -0.05) is 0 Å². The van der Waals surface area contributed by atoms with Crippen molar-refractivity contribution in [2.75, 3.05) is 6.54 Å². The van der Waals surface area contributed by atoms with Crippen LogP contribution in [0.15, 0.2) is 0 Å². The Morgan fingerprint density at radius 3 is 2.23 bits per heavy atom. The van der Waals surface area contributed by atoms with E-state index in [-0.39, 0.29) is 0 Å². The number of nitrogens with zero attached hydrogens (tertiary/aromatic N) is 2. The van der Waals surface area contributed by atoms with Crippen LogP contribution in [0.1, 0.15) is 59.9 Å². The zero-order valence-corrected chi connectivity index (χ0v) is 17.5. The van der Waals surface area contributed by atoms with E-state index in [0.29, 0.717) is 13.1 Å². The highest BCUT2D eigenvalue weighted by Gasteiger charge is 2.53. The quantitative estimate of drug-likeness (QED) is 0.829. The van der Waals surface area contributed by atoms with Crippen LogP contribution in [0.4, 0.5) is 4.79 Å². The van der Waals surface area contributed by atoms with Gasteiger partial charge in [0.15, 0.2) is 0 Å². The molecule has 0 aromatic carbocycles. The van der Waals surface area contributed by atoms with E-state index in [1.54, 1.807) is 0 Å². The minimum atomic E-state index is -0.508. The number of hydrogen-bond donors (Lipinski definition) is 1. The molecule has 2 rings (SSSR count). The lowest BCUT2D eigenvalue weighted by atomic mass is 9.77. The van der Waals surface area contributed by atoms with Crippen molar-refractivity contribution in [3.8, 4) is 0 Å². The number of aryl methyl sites for hydroxylation is 1. The maximum Gasteiger partial charge on any atom is 0.498 e. The number of carbonyl (C=O) groups excluding carboxylic acids is 1. The topological polar surface area (TPSA) is 74.6 Å². The highest BCUT2D eigenvalue weighted by Crippen LogP contribution is 2.36. The molecule has 0 aliphatic carbocycles. The van der Waals surface area contributed by atoms with Crippen molar-refractivity contribution in [2.24, 2.45) is 0 Å². The summed E-state index contributed by atoms with van der Waals surface area (Å²) in [5.74, 6) is 0. The third kappa shape index (κ3) is 4.41. The predicted octanol–water partition coefficient (Wildman–Crippen LogP) is 2.32. The molecule has 1 aliphatic rings. The van der Waals surface area contributed by atoms with Crippen LogP contribution >= 0.6 is 0 Å². The van der Waals surface area contributed by atoms with Crippen molar-refractivity contribution in [3.63, 3.8) is 0 Å². The summed E-state index contributed by atoms with van der Waals surface area (Å²) in [5.41, 5.74) is 1.52. The molecule has 0 unspecified atom stereocenters. The lowest BCUT2D eigenvalue weighted by molar-refractivity contribution is 0.00578. The third-order valence-electron chi connectivity index (χ3n) is 4.92. The summed E-state index contributed by atoms with van der Waals surface area (Å²) in [6.07, 6.45) is -0.426. The van der Waals surface area contributed by atoms with Crippen molar-refractivity contribution < 1.29 is 18.8 Å². The van der Waals surface area contributed by atoms with Crippen LogP contribution in [0.25, 0.3) is 0 Å². The first kappa shape index (κ1) is 20.8. The van der Waals surface area contributed by atoms with Crippen LogP contribution in [0.5, 0.6) is 0 Å². The number of alkyl carbamates (subject to hydrolysis) is 1. The first-order valence-electron chi connectivity index (χ1n) is 9.10. The fourth-order valence-electron chi connectivity index (χ4n) is 2.81. The number of rotatable bonds is 4. The standard InChI is InChI=1S/C18H32BN3O4/c1-12-14(19-25-17(6,7)18(8,9)26-19)13(2)22(21-12)11-10-20-15(23)24-16(3,4)5/h10-11H2,1-9H3,(H,20,23). The number of amides is 1. The molecule has 1 aliphatic heterocycles. The van der Waals surface area contributed by atoms with E-state index in [4.69, 9.17) is 14.0 Å². The molecule has 1 amide bonds. The Labute approximate surface area is 156 Å². The minimum absolute atomic E-state index is 0.392. The molecule has 146 valence electrons. The highest BCUT2D eigenvalue weighted by atomic mass is 16.7. The maximum atomic E-state index is 11.8. The van der Waals surface area contributed by atoms with E-state index in [9.17, 15) is 4.79 Å². The highest BCUT2D eigenvalue weighted by molar-refractivity contribution is 6.63. The molecule has 8 heteroatoms.